The fraction of sp³-hybridized carbons (Fsp3) is 1.00. The smallest absolute Gasteiger partial charge is 0.0443 e. The monoisotopic (exact) mass is 201 g/mol. The van der Waals surface area contributed by atoms with E-state index in [1.165, 1.54) is 26.2 Å². The zero-order chi connectivity index (χ0) is 10.2. The molecule has 0 aromatic heterocycles. The van der Waals surface area contributed by atoms with Crippen LogP contribution in [0.3, 0.4) is 0 Å². The zero-order valence-corrected chi connectivity index (χ0v) is 9.21. The molecule has 14 heavy (non-hydrogen) atoms. The van der Waals surface area contributed by atoms with Crippen LogP contribution in [0.15, 0.2) is 0 Å². The van der Waals surface area contributed by atoms with Crippen LogP contribution in [-0.2, 0) is 0 Å². The average Bonchev–Trinajstić information content (AvgIpc) is 2.21. The van der Waals surface area contributed by atoms with Crippen molar-refractivity contribution in [3.63, 3.8) is 0 Å². The fourth-order valence-corrected chi connectivity index (χ4v) is 1.64. The highest BCUT2D eigenvalue weighted by molar-refractivity contribution is 4.69. The summed E-state index contributed by atoms with van der Waals surface area (Å²) in [5, 5.41) is 11.9. The van der Waals surface area contributed by atoms with E-state index in [1.54, 1.807) is 0 Å². The van der Waals surface area contributed by atoms with E-state index in [9.17, 15) is 0 Å². The molecular weight excluding hydrogens is 178 g/mol. The van der Waals surface area contributed by atoms with Crippen LogP contribution in [0.1, 0.15) is 6.42 Å². The lowest BCUT2D eigenvalue weighted by molar-refractivity contribution is 0.154. The van der Waals surface area contributed by atoms with Crippen molar-refractivity contribution in [3.8, 4) is 0 Å². The van der Waals surface area contributed by atoms with E-state index < -0.39 is 0 Å². The van der Waals surface area contributed by atoms with Gasteiger partial charge in [0.15, 0.2) is 0 Å². The summed E-state index contributed by atoms with van der Waals surface area (Å²) in [4.78, 5) is 4.86. The Hall–Kier alpha value is -0.160. The van der Waals surface area contributed by atoms with Gasteiger partial charge >= 0.3 is 0 Å². The second kappa shape index (κ2) is 7.17. The lowest BCUT2D eigenvalue weighted by atomic mass is 10.3. The minimum absolute atomic E-state index is 0.293. The molecule has 0 bridgehead atoms. The summed E-state index contributed by atoms with van der Waals surface area (Å²) in [6, 6.07) is 0. The first-order valence-corrected chi connectivity index (χ1v) is 5.55. The molecule has 0 unspecified atom stereocenters. The summed E-state index contributed by atoms with van der Waals surface area (Å²) in [5.41, 5.74) is 0. The van der Waals surface area contributed by atoms with Gasteiger partial charge in [-0.05, 0) is 20.0 Å². The fourth-order valence-electron chi connectivity index (χ4n) is 1.64. The van der Waals surface area contributed by atoms with Crippen molar-refractivity contribution in [1.82, 2.24) is 15.1 Å². The van der Waals surface area contributed by atoms with Gasteiger partial charge in [0.2, 0.25) is 0 Å². The Kier molecular flexibility index (Phi) is 6.10. The summed E-state index contributed by atoms with van der Waals surface area (Å²) in [6.07, 6.45) is 0.864. The molecule has 4 heteroatoms. The Balaban J connectivity index is 1.91. The Labute approximate surface area is 86.9 Å². The molecule has 1 heterocycles. The molecule has 2 N–H and O–H groups in total. The van der Waals surface area contributed by atoms with Crippen molar-refractivity contribution in [2.24, 2.45) is 0 Å². The standard InChI is InChI=1S/C10H23N3O/c1-12-6-8-13(9-7-12)5-4-11-3-2-10-14/h11,14H,2-10H2,1H3. The summed E-state index contributed by atoms with van der Waals surface area (Å²) < 4.78 is 0. The minimum atomic E-state index is 0.293. The topological polar surface area (TPSA) is 38.7 Å². The molecule has 84 valence electrons. The highest BCUT2D eigenvalue weighted by Crippen LogP contribution is 1.97. The van der Waals surface area contributed by atoms with Crippen LogP contribution < -0.4 is 5.32 Å². The molecule has 0 spiro atoms. The summed E-state index contributed by atoms with van der Waals surface area (Å²) in [7, 11) is 2.18. The number of nitrogens with one attached hydrogen (secondary N) is 1. The highest BCUT2D eigenvalue weighted by Gasteiger charge is 2.12. The summed E-state index contributed by atoms with van der Waals surface area (Å²) in [6.45, 7) is 8.18. The van der Waals surface area contributed by atoms with Crippen LogP contribution in [0, 0.1) is 0 Å². The lowest BCUT2D eigenvalue weighted by Gasteiger charge is -2.32. The third-order valence-corrected chi connectivity index (χ3v) is 2.71. The number of nitrogens with zero attached hydrogens (tertiary/aromatic N) is 2. The van der Waals surface area contributed by atoms with E-state index in [0.29, 0.717) is 6.61 Å². The predicted octanol–water partition coefficient (Wildman–Crippen LogP) is -0.794. The first kappa shape index (κ1) is 11.9. The van der Waals surface area contributed by atoms with Gasteiger partial charge in [0, 0.05) is 45.9 Å². The number of aliphatic hydroxyl groups is 1. The molecule has 4 nitrogen and oxygen atoms in total. The number of aliphatic hydroxyl groups excluding tert-OH is 1. The molecule has 1 rings (SSSR count). The normalized spacial score (nSPS) is 20.1. The first-order valence-electron chi connectivity index (χ1n) is 5.55. The van der Waals surface area contributed by atoms with Crippen LogP contribution in [0.25, 0.3) is 0 Å². The number of piperazine rings is 1. The Morgan fingerprint density at radius 1 is 1.14 bits per heavy atom. The largest absolute Gasteiger partial charge is 0.396 e. The molecule has 0 radical (unpaired) electrons. The highest BCUT2D eigenvalue weighted by atomic mass is 16.3. The Bertz CT molecular complexity index is 135. The SMILES string of the molecule is CN1CCN(CCNCCCO)CC1. The van der Waals surface area contributed by atoms with Gasteiger partial charge in [-0.2, -0.15) is 0 Å². The van der Waals surface area contributed by atoms with Crippen molar-refractivity contribution in [2.45, 2.75) is 6.42 Å². The van der Waals surface area contributed by atoms with E-state index in [1.807, 2.05) is 0 Å². The molecule has 0 amide bonds. The van der Waals surface area contributed by atoms with Crippen molar-refractivity contribution in [2.75, 3.05) is 59.5 Å². The van der Waals surface area contributed by atoms with Gasteiger partial charge in [0.05, 0.1) is 0 Å². The molecular formula is C10H23N3O. The van der Waals surface area contributed by atoms with Gasteiger partial charge in [0.1, 0.15) is 0 Å². The molecule has 0 aromatic rings. The van der Waals surface area contributed by atoms with Crippen LogP contribution in [0.5, 0.6) is 0 Å². The van der Waals surface area contributed by atoms with Crippen molar-refractivity contribution in [3.05, 3.63) is 0 Å². The molecule has 1 saturated heterocycles. The van der Waals surface area contributed by atoms with Gasteiger partial charge in [-0.3, -0.25) is 4.90 Å². The van der Waals surface area contributed by atoms with E-state index in [-0.39, 0.29) is 0 Å². The van der Waals surface area contributed by atoms with E-state index in [2.05, 4.69) is 22.2 Å². The Morgan fingerprint density at radius 3 is 2.50 bits per heavy atom. The van der Waals surface area contributed by atoms with Gasteiger partial charge in [-0.15, -0.1) is 0 Å². The number of hydrogen-bond donors (Lipinski definition) is 2. The van der Waals surface area contributed by atoms with Crippen LogP contribution in [0.2, 0.25) is 0 Å². The van der Waals surface area contributed by atoms with Gasteiger partial charge < -0.3 is 15.3 Å². The van der Waals surface area contributed by atoms with E-state index in [0.717, 1.165) is 26.1 Å². The Morgan fingerprint density at radius 2 is 1.86 bits per heavy atom. The maximum atomic E-state index is 8.59. The summed E-state index contributed by atoms with van der Waals surface area (Å²) in [5.74, 6) is 0. The molecule has 1 aliphatic rings. The van der Waals surface area contributed by atoms with Crippen molar-refractivity contribution >= 4 is 0 Å². The third-order valence-electron chi connectivity index (χ3n) is 2.71. The van der Waals surface area contributed by atoms with E-state index in [4.69, 9.17) is 5.11 Å². The lowest BCUT2D eigenvalue weighted by Crippen LogP contribution is -2.46. The molecule has 1 fully saturated rings. The molecule has 1 aliphatic heterocycles. The van der Waals surface area contributed by atoms with E-state index >= 15 is 0 Å². The molecule has 0 aromatic carbocycles. The van der Waals surface area contributed by atoms with Gasteiger partial charge in [0.25, 0.3) is 0 Å². The second-order valence-electron chi connectivity index (χ2n) is 3.97. The molecule has 0 saturated carbocycles. The quantitative estimate of drug-likeness (QED) is 0.552. The summed E-state index contributed by atoms with van der Waals surface area (Å²) >= 11 is 0. The van der Waals surface area contributed by atoms with Crippen molar-refractivity contribution in [1.29, 1.82) is 0 Å². The van der Waals surface area contributed by atoms with Crippen molar-refractivity contribution < 1.29 is 5.11 Å². The first-order chi connectivity index (χ1) is 6.83. The predicted molar refractivity (Wildman–Crippen MR) is 58.5 cm³/mol. The maximum absolute atomic E-state index is 8.59. The van der Waals surface area contributed by atoms with Gasteiger partial charge in [-0.1, -0.05) is 0 Å². The molecule has 0 atom stereocenters. The van der Waals surface area contributed by atoms with Crippen LogP contribution in [0.4, 0.5) is 0 Å². The van der Waals surface area contributed by atoms with Crippen LogP contribution >= 0.6 is 0 Å². The minimum Gasteiger partial charge on any atom is -0.396 e. The van der Waals surface area contributed by atoms with Gasteiger partial charge in [-0.25, -0.2) is 0 Å². The zero-order valence-electron chi connectivity index (χ0n) is 9.21. The third kappa shape index (κ3) is 4.91. The van der Waals surface area contributed by atoms with Crippen LogP contribution in [-0.4, -0.2) is 74.4 Å². The number of likely N-dealkylation sites (N-methyl/N-ethyl adjacent to an activating group) is 1. The second-order valence-corrected chi connectivity index (χ2v) is 3.97. The average molecular weight is 201 g/mol. The number of hydrogen-bond acceptors (Lipinski definition) is 4. The number of rotatable bonds is 6. The maximum Gasteiger partial charge on any atom is 0.0443 e. The molecule has 0 aliphatic carbocycles.